The number of aromatic nitrogens is 1. The molecule has 0 aliphatic heterocycles. The van der Waals surface area contributed by atoms with Crippen molar-refractivity contribution in [3.8, 4) is 22.8 Å². The van der Waals surface area contributed by atoms with Crippen LogP contribution in [0.1, 0.15) is 0 Å². The highest BCUT2D eigenvalue weighted by Crippen LogP contribution is 2.38. The summed E-state index contributed by atoms with van der Waals surface area (Å²) < 4.78 is 10.5. The van der Waals surface area contributed by atoms with Crippen molar-refractivity contribution in [2.24, 2.45) is 0 Å². The van der Waals surface area contributed by atoms with Crippen molar-refractivity contribution in [3.63, 3.8) is 0 Å². The summed E-state index contributed by atoms with van der Waals surface area (Å²) in [6, 6.07) is 6.89. The number of methoxy groups -OCH3 is 2. The van der Waals surface area contributed by atoms with Gasteiger partial charge < -0.3 is 9.47 Å². The molecule has 0 aliphatic rings. The lowest BCUT2D eigenvalue weighted by Crippen LogP contribution is -1.93. The van der Waals surface area contributed by atoms with Crippen LogP contribution in [0.4, 0.5) is 0 Å². The Morgan fingerprint density at radius 2 is 1.68 bits per heavy atom. The average Bonchev–Trinajstić information content (AvgIpc) is 2.42. The third kappa shape index (κ3) is 2.89. The molecule has 19 heavy (non-hydrogen) atoms. The molecule has 2 rings (SSSR count). The van der Waals surface area contributed by atoms with Crippen molar-refractivity contribution in [3.05, 3.63) is 39.5 Å². The van der Waals surface area contributed by atoms with Gasteiger partial charge in [0.15, 0.2) is 0 Å². The number of rotatable bonds is 3. The fourth-order valence-electron chi connectivity index (χ4n) is 1.63. The third-order valence-corrected chi connectivity index (χ3v) is 3.51. The minimum atomic E-state index is 0.193. The molecule has 1 aromatic carbocycles. The van der Waals surface area contributed by atoms with Crippen LogP contribution in [0.2, 0.25) is 15.2 Å². The molecular formula is C13H10Cl3NO2. The average molecular weight is 319 g/mol. The van der Waals surface area contributed by atoms with E-state index in [1.807, 2.05) is 0 Å². The van der Waals surface area contributed by atoms with E-state index in [1.165, 1.54) is 0 Å². The first kappa shape index (κ1) is 14.3. The zero-order chi connectivity index (χ0) is 14.0. The van der Waals surface area contributed by atoms with Crippen LogP contribution in [0.3, 0.4) is 0 Å². The topological polar surface area (TPSA) is 31.4 Å². The van der Waals surface area contributed by atoms with Gasteiger partial charge in [-0.05, 0) is 18.2 Å². The van der Waals surface area contributed by atoms with E-state index in [0.717, 1.165) is 0 Å². The Morgan fingerprint density at radius 3 is 2.32 bits per heavy atom. The molecule has 0 N–H and O–H groups in total. The fourth-order valence-corrected chi connectivity index (χ4v) is 2.23. The molecule has 0 atom stereocenters. The molecule has 0 unspecified atom stereocenters. The molecule has 0 fully saturated rings. The molecule has 0 radical (unpaired) electrons. The van der Waals surface area contributed by atoms with Crippen molar-refractivity contribution in [1.82, 2.24) is 4.98 Å². The highest BCUT2D eigenvalue weighted by Gasteiger charge is 2.14. The van der Waals surface area contributed by atoms with Gasteiger partial charge in [-0.3, -0.25) is 0 Å². The summed E-state index contributed by atoms with van der Waals surface area (Å²) in [6.45, 7) is 0. The van der Waals surface area contributed by atoms with Crippen molar-refractivity contribution < 1.29 is 9.47 Å². The van der Waals surface area contributed by atoms with E-state index in [4.69, 9.17) is 44.3 Å². The zero-order valence-corrected chi connectivity index (χ0v) is 12.5. The summed E-state index contributed by atoms with van der Waals surface area (Å²) >= 11 is 17.9. The summed E-state index contributed by atoms with van der Waals surface area (Å²) in [5, 5.41) is 0.902. The lowest BCUT2D eigenvalue weighted by atomic mass is 10.1. The van der Waals surface area contributed by atoms with Crippen molar-refractivity contribution in [2.75, 3.05) is 14.2 Å². The molecule has 1 heterocycles. The smallest absolute Gasteiger partial charge is 0.148 e. The van der Waals surface area contributed by atoms with Gasteiger partial charge in [0, 0.05) is 11.6 Å². The van der Waals surface area contributed by atoms with Crippen LogP contribution in [0.5, 0.6) is 11.5 Å². The van der Waals surface area contributed by atoms with Crippen LogP contribution >= 0.6 is 34.8 Å². The second-order valence-corrected chi connectivity index (χ2v) is 4.83. The minimum absolute atomic E-state index is 0.193. The summed E-state index contributed by atoms with van der Waals surface area (Å²) in [5.41, 5.74) is 1.22. The molecule has 0 amide bonds. The lowest BCUT2D eigenvalue weighted by Gasteiger charge is -2.11. The maximum atomic E-state index is 6.15. The second kappa shape index (κ2) is 5.87. The Hall–Kier alpha value is -1.16. The predicted octanol–water partition coefficient (Wildman–Crippen LogP) is 4.73. The van der Waals surface area contributed by atoms with E-state index in [9.17, 15) is 0 Å². The van der Waals surface area contributed by atoms with Gasteiger partial charge in [-0.25, -0.2) is 4.98 Å². The Morgan fingerprint density at radius 1 is 0.947 bits per heavy atom. The van der Waals surface area contributed by atoms with Gasteiger partial charge in [0.25, 0.3) is 0 Å². The maximum absolute atomic E-state index is 6.15. The van der Waals surface area contributed by atoms with Gasteiger partial charge >= 0.3 is 0 Å². The maximum Gasteiger partial charge on any atom is 0.148 e. The second-order valence-electron chi connectivity index (χ2n) is 3.66. The molecule has 6 heteroatoms. The largest absolute Gasteiger partial charge is 0.497 e. The standard InChI is InChI=1S/C13H10Cl3NO2/c1-18-7-3-4-8(11(5-7)19-2)12-9(14)6-10(15)13(16)17-12/h3-6H,1-2H3. The van der Waals surface area contributed by atoms with Gasteiger partial charge in [-0.2, -0.15) is 0 Å². The van der Waals surface area contributed by atoms with Crippen LogP contribution in [0.25, 0.3) is 11.3 Å². The quantitative estimate of drug-likeness (QED) is 0.767. The van der Waals surface area contributed by atoms with E-state index >= 15 is 0 Å². The molecular weight excluding hydrogens is 309 g/mol. The Balaban J connectivity index is 2.61. The van der Waals surface area contributed by atoms with Crippen molar-refractivity contribution in [1.29, 1.82) is 0 Å². The number of benzene rings is 1. The Kier molecular flexibility index (Phi) is 4.40. The van der Waals surface area contributed by atoms with Crippen LogP contribution in [0.15, 0.2) is 24.3 Å². The molecule has 3 nitrogen and oxygen atoms in total. The highest BCUT2D eigenvalue weighted by molar-refractivity contribution is 6.43. The van der Waals surface area contributed by atoms with Gasteiger partial charge in [0.2, 0.25) is 0 Å². The third-order valence-electron chi connectivity index (χ3n) is 2.55. The summed E-state index contributed by atoms with van der Waals surface area (Å²) in [4.78, 5) is 4.19. The first-order chi connectivity index (χ1) is 9.06. The molecule has 0 saturated heterocycles. The molecule has 100 valence electrons. The van der Waals surface area contributed by atoms with E-state index in [0.29, 0.717) is 32.8 Å². The van der Waals surface area contributed by atoms with Crippen molar-refractivity contribution in [2.45, 2.75) is 0 Å². The number of nitrogens with zero attached hydrogens (tertiary/aromatic N) is 1. The van der Waals surface area contributed by atoms with Crippen molar-refractivity contribution >= 4 is 34.8 Å². The number of halogens is 3. The lowest BCUT2D eigenvalue weighted by molar-refractivity contribution is 0.395. The molecule has 0 aliphatic carbocycles. The number of ether oxygens (including phenoxy) is 2. The predicted molar refractivity (Wildman–Crippen MR) is 77.8 cm³/mol. The van der Waals surface area contributed by atoms with E-state index in [1.54, 1.807) is 38.5 Å². The highest BCUT2D eigenvalue weighted by atomic mass is 35.5. The number of hydrogen-bond acceptors (Lipinski definition) is 3. The molecule has 1 aromatic heterocycles. The Bertz CT molecular complexity index is 617. The van der Waals surface area contributed by atoms with E-state index in [-0.39, 0.29) is 5.15 Å². The van der Waals surface area contributed by atoms with Gasteiger partial charge in [-0.1, -0.05) is 34.8 Å². The number of pyridine rings is 1. The first-order valence-corrected chi connectivity index (χ1v) is 6.44. The van der Waals surface area contributed by atoms with Crippen LogP contribution in [-0.4, -0.2) is 19.2 Å². The normalized spacial score (nSPS) is 10.4. The van der Waals surface area contributed by atoms with Crippen LogP contribution in [-0.2, 0) is 0 Å². The van der Waals surface area contributed by atoms with Gasteiger partial charge in [0.05, 0.1) is 30.0 Å². The van der Waals surface area contributed by atoms with Crippen LogP contribution in [0, 0.1) is 0 Å². The zero-order valence-electron chi connectivity index (χ0n) is 10.2. The SMILES string of the molecule is COc1ccc(-c2nc(Cl)c(Cl)cc2Cl)c(OC)c1. The van der Waals surface area contributed by atoms with E-state index < -0.39 is 0 Å². The number of hydrogen-bond donors (Lipinski definition) is 0. The molecule has 0 bridgehead atoms. The van der Waals surface area contributed by atoms with E-state index in [2.05, 4.69) is 4.98 Å². The molecule has 0 spiro atoms. The summed E-state index contributed by atoms with van der Waals surface area (Å²) in [7, 11) is 3.14. The summed E-state index contributed by atoms with van der Waals surface area (Å²) in [5.74, 6) is 1.27. The Labute approximate surface area is 126 Å². The monoisotopic (exact) mass is 317 g/mol. The summed E-state index contributed by atoms with van der Waals surface area (Å²) in [6.07, 6.45) is 0. The van der Waals surface area contributed by atoms with Gasteiger partial charge in [0.1, 0.15) is 16.7 Å². The van der Waals surface area contributed by atoms with Gasteiger partial charge in [-0.15, -0.1) is 0 Å². The first-order valence-electron chi connectivity index (χ1n) is 5.30. The van der Waals surface area contributed by atoms with Crippen LogP contribution < -0.4 is 9.47 Å². The molecule has 2 aromatic rings. The fraction of sp³-hybridized carbons (Fsp3) is 0.154. The minimum Gasteiger partial charge on any atom is -0.497 e. The molecule has 0 saturated carbocycles.